The second kappa shape index (κ2) is 6.08. The van der Waals surface area contributed by atoms with Gasteiger partial charge >= 0.3 is 0 Å². The molecule has 0 aliphatic heterocycles. The summed E-state index contributed by atoms with van der Waals surface area (Å²) in [5, 5.41) is 3.41. The first kappa shape index (κ1) is 12.5. The number of para-hydroxylation sites is 1. The maximum absolute atomic E-state index is 5.90. The van der Waals surface area contributed by atoms with E-state index in [1.54, 1.807) is 0 Å². The first-order chi connectivity index (χ1) is 8.31. The van der Waals surface area contributed by atoms with Crippen LogP contribution >= 0.6 is 27.5 Å². The first-order valence-electron chi connectivity index (χ1n) is 5.42. The zero-order valence-corrected chi connectivity index (χ0v) is 11.6. The van der Waals surface area contributed by atoms with Crippen LogP contribution in [-0.4, -0.2) is 0 Å². The number of anilines is 1. The molecule has 0 saturated heterocycles. The molecule has 0 bridgehead atoms. The van der Waals surface area contributed by atoms with E-state index in [2.05, 4.69) is 33.4 Å². The highest BCUT2D eigenvalue weighted by molar-refractivity contribution is 9.10. The zero-order valence-electron chi connectivity index (χ0n) is 9.29. The smallest absolute Gasteiger partial charge is 0.0494 e. The summed E-state index contributed by atoms with van der Waals surface area (Å²) in [7, 11) is 0. The molecule has 0 unspecified atom stereocenters. The summed E-state index contributed by atoms with van der Waals surface area (Å²) >= 11 is 9.44. The third kappa shape index (κ3) is 3.24. The first-order valence-corrected chi connectivity index (χ1v) is 6.75. The van der Waals surface area contributed by atoms with Gasteiger partial charge in [-0.05, 0) is 23.3 Å². The number of hydrogen-bond donors (Lipinski definition) is 1. The minimum atomic E-state index is 0.527. The molecule has 88 valence electrons. The summed E-state index contributed by atoms with van der Waals surface area (Å²) in [5.41, 5.74) is 3.45. The van der Waals surface area contributed by atoms with Crippen LogP contribution in [0.2, 0.25) is 0 Å². The molecule has 0 aromatic heterocycles. The van der Waals surface area contributed by atoms with Gasteiger partial charge < -0.3 is 5.32 Å². The van der Waals surface area contributed by atoms with Gasteiger partial charge in [0.15, 0.2) is 0 Å². The van der Waals surface area contributed by atoms with Crippen LogP contribution in [0.3, 0.4) is 0 Å². The van der Waals surface area contributed by atoms with Crippen molar-refractivity contribution in [1.82, 2.24) is 0 Å². The fraction of sp³-hybridized carbons (Fsp3) is 0.143. The summed E-state index contributed by atoms with van der Waals surface area (Å²) in [6.45, 7) is 0.787. The topological polar surface area (TPSA) is 12.0 Å². The molecule has 2 rings (SSSR count). The number of hydrogen-bond acceptors (Lipinski definition) is 1. The summed E-state index contributed by atoms with van der Waals surface area (Å²) in [6, 6.07) is 16.3. The molecule has 0 spiro atoms. The van der Waals surface area contributed by atoms with Gasteiger partial charge in [0.05, 0.1) is 0 Å². The lowest BCUT2D eigenvalue weighted by Crippen LogP contribution is -2.02. The highest BCUT2D eigenvalue weighted by Crippen LogP contribution is 2.20. The molecule has 0 amide bonds. The van der Waals surface area contributed by atoms with E-state index < -0.39 is 0 Å². The molecule has 0 aliphatic rings. The summed E-state index contributed by atoms with van der Waals surface area (Å²) < 4.78 is 1.12. The Morgan fingerprint density at radius 2 is 1.59 bits per heavy atom. The van der Waals surface area contributed by atoms with Gasteiger partial charge in [-0.15, -0.1) is 11.6 Å². The Balaban J connectivity index is 2.10. The van der Waals surface area contributed by atoms with Crippen LogP contribution in [0.25, 0.3) is 0 Å². The van der Waals surface area contributed by atoms with Crippen molar-refractivity contribution in [2.75, 3.05) is 5.32 Å². The Bertz CT molecular complexity index is 499. The molecule has 17 heavy (non-hydrogen) atoms. The van der Waals surface area contributed by atoms with Crippen LogP contribution in [0.1, 0.15) is 11.1 Å². The lowest BCUT2D eigenvalue weighted by atomic mass is 10.2. The molecule has 0 heterocycles. The third-order valence-corrected chi connectivity index (χ3v) is 3.65. The summed E-state index contributed by atoms with van der Waals surface area (Å²) in [4.78, 5) is 0. The average Bonchev–Trinajstić information content (AvgIpc) is 2.38. The van der Waals surface area contributed by atoms with Crippen molar-refractivity contribution < 1.29 is 0 Å². The number of rotatable bonds is 4. The fourth-order valence-corrected chi connectivity index (χ4v) is 2.30. The van der Waals surface area contributed by atoms with E-state index in [0.717, 1.165) is 22.3 Å². The molecule has 1 N–H and O–H groups in total. The highest BCUT2D eigenvalue weighted by atomic mass is 79.9. The van der Waals surface area contributed by atoms with Gasteiger partial charge in [-0.25, -0.2) is 0 Å². The van der Waals surface area contributed by atoms with Crippen LogP contribution in [0.15, 0.2) is 53.0 Å². The lowest BCUT2D eigenvalue weighted by molar-refractivity contribution is 1.13. The van der Waals surface area contributed by atoms with E-state index >= 15 is 0 Å². The maximum Gasteiger partial charge on any atom is 0.0494 e. The van der Waals surface area contributed by atoms with E-state index in [4.69, 9.17) is 11.6 Å². The average molecular weight is 311 g/mol. The standard InChI is InChI=1S/C14H13BrClN/c15-13-7-3-1-6-12(13)10-17-14-8-4-2-5-11(14)9-16/h1-8,17H,9-10H2. The predicted molar refractivity (Wildman–Crippen MR) is 77.5 cm³/mol. The van der Waals surface area contributed by atoms with E-state index in [-0.39, 0.29) is 0 Å². The van der Waals surface area contributed by atoms with Crippen LogP contribution < -0.4 is 5.32 Å². The van der Waals surface area contributed by atoms with E-state index in [1.807, 2.05) is 36.4 Å². The zero-order chi connectivity index (χ0) is 12.1. The van der Waals surface area contributed by atoms with Crippen molar-refractivity contribution in [2.24, 2.45) is 0 Å². The van der Waals surface area contributed by atoms with E-state index in [9.17, 15) is 0 Å². The summed E-state index contributed by atoms with van der Waals surface area (Å²) in [6.07, 6.45) is 0. The van der Waals surface area contributed by atoms with Gasteiger partial charge in [0.2, 0.25) is 0 Å². The van der Waals surface area contributed by atoms with Crippen molar-refractivity contribution >= 4 is 33.2 Å². The molecule has 0 aliphatic carbocycles. The minimum absolute atomic E-state index is 0.527. The Morgan fingerprint density at radius 3 is 2.29 bits per heavy atom. The van der Waals surface area contributed by atoms with Crippen LogP contribution in [0.5, 0.6) is 0 Å². The SMILES string of the molecule is ClCc1ccccc1NCc1ccccc1Br. The molecular weight excluding hydrogens is 298 g/mol. The van der Waals surface area contributed by atoms with Crippen molar-refractivity contribution in [3.63, 3.8) is 0 Å². The Morgan fingerprint density at radius 1 is 0.941 bits per heavy atom. The summed E-state index contributed by atoms with van der Waals surface area (Å²) in [5.74, 6) is 0.527. The van der Waals surface area contributed by atoms with E-state index in [0.29, 0.717) is 5.88 Å². The van der Waals surface area contributed by atoms with Gasteiger partial charge in [0, 0.05) is 22.6 Å². The molecule has 2 aromatic rings. The fourth-order valence-electron chi connectivity index (χ4n) is 1.64. The second-order valence-electron chi connectivity index (χ2n) is 3.74. The Labute approximate surface area is 115 Å². The van der Waals surface area contributed by atoms with Crippen LogP contribution in [-0.2, 0) is 12.4 Å². The molecule has 1 nitrogen and oxygen atoms in total. The molecule has 0 radical (unpaired) electrons. The Kier molecular flexibility index (Phi) is 4.46. The van der Waals surface area contributed by atoms with E-state index in [1.165, 1.54) is 5.56 Å². The van der Waals surface area contributed by atoms with Crippen molar-refractivity contribution in [1.29, 1.82) is 0 Å². The molecule has 0 saturated carbocycles. The lowest BCUT2D eigenvalue weighted by Gasteiger charge is -2.11. The monoisotopic (exact) mass is 309 g/mol. The minimum Gasteiger partial charge on any atom is -0.381 e. The molecule has 2 aromatic carbocycles. The number of alkyl halides is 1. The molecule has 0 fully saturated rings. The maximum atomic E-state index is 5.90. The van der Waals surface area contributed by atoms with Gasteiger partial charge in [-0.2, -0.15) is 0 Å². The van der Waals surface area contributed by atoms with Gasteiger partial charge in [-0.3, -0.25) is 0 Å². The van der Waals surface area contributed by atoms with Gasteiger partial charge in [-0.1, -0.05) is 52.3 Å². The highest BCUT2D eigenvalue weighted by Gasteiger charge is 2.01. The van der Waals surface area contributed by atoms with Crippen LogP contribution in [0.4, 0.5) is 5.69 Å². The largest absolute Gasteiger partial charge is 0.381 e. The van der Waals surface area contributed by atoms with Gasteiger partial charge in [0.25, 0.3) is 0 Å². The number of nitrogens with one attached hydrogen (secondary N) is 1. The normalized spacial score (nSPS) is 10.2. The predicted octanol–water partition coefficient (Wildman–Crippen LogP) is 4.80. The Hall–Kier alpha value is -0.990. The van der Waals surface area contributed by atoms with Crippen molar-refractivity contribution in [3.8, 4) is 0 Å². The van der Waals surface area contributed by atoms with Crippen LogP contribution in [0, 0.1) is 0 Å². The van der Waals surface area contributed by atoms with Crippen molar-refractivity contribution in [2.45, 2.75) is 12.4 Å². The third-order valence-electron chi connectivity index (χ3n) is 2.59. The van der Waals surface area contributed by atoms with Gasteiger partial charge in [0.1, 0.15) is 0 Å². The number of benzene rings is 2. The molecule has 0 atom stereocenters. The number of halogens is 2. The molecule has 3 heteroatoms. The second-order valence-corrected chi connectivity index (χ2v) is 4.86. The van der Waals surface area contributed by atoms with Crippen molar-refractivity contribution in [3.05, 3.63) is 64.1 Å². The molecular formula is C14H13BrClN. The quantitative estimate of drug-likeness (QED) is 0.800.